The van der Waals surface area contributed by atoms with Gasteiger partial charge in [0.25, 0.3) is 0 Å². The number of rotatable bonds is 5. The molecule has 0 aromatic carbocycles. The molecule has 0 radical (unpaired) electrons. The lowest BCUT2D eigenvalue weighted by Gasteiger charge is -2.30. The third-order valence-corrected chi connectivity index (χ3v) is 7.61. The maximum absolute atomic E-state index is 12.9. The van der Waals surface area contributed by atoms with Gasteiger partial charge in [-0.25, -0.2) is 14.8 Å². The Hall–Kier alpha value is -3.80. The van der Waals surface area contributed by atoms with E-state index in [9.17, 15) is 18.0 Å². The van der Waals surface area contributed by atoms with Gasteiger partial charge in [0.05, 0.1) is 24.0 Å². The molecule has 1 atom stereocenters. The molecule has 0 aliphatic carbocycles. The minimum absolute atomic E-state index is 0.0352. The number of hydrogen-bond acceptors (Lipinski definition) is 7. The molecule has 6 heterocycles. The van der Waals surface area contributed by atoms with E-state index in [1.807, 2.05) is 18.2 Å². The van der Waals surface area contributed by atoms with Gasteiger partial charge in [-0.2, -0.15) is 18.2 Å². The summed E-state index contributed by atoms with van der Waals surface area (Å²) in [7, 11) is 0. The molecule has 8 nitrogen and oxygen atoms in total. The number of dihydropyridines is 1. The number of fused-ring (bicyclic) bond motifs is 1. The molecule has 190 valence electrons. The second-order valence-electron chi connectivity index (χ2n) is 8.97. The molecule has 0 fully saturated rings. The normalized spacial score (nSPS) is 19.2. The first kappa shape index (κ1) is 23.6. The third kappa shape index (κ3) is 4.68. The highest BCUT2D eigenvalue weighted by Crippen LogP contribution is 2.34. The fourth-order valence-electron chi connectivity index (χ4n) is 4.69. The monoisotopic (exact) mass is 525 g/mol. The SMILES string of the molecule is O=c1nc(N2C=CC=CC2C2=NCCC(c3cn4c(n3)CCC4)=C2)ncn1Cc1ccc(C(F)(F)F)s1. The number of allylic oxidation sites excluding steroid dienone is 2. The van der Waals surface area contributed by atoms with Crippen LogP contribution in [0.3, 0.4) is 0 Å². The molecule has 12 heteroatoms. The van der Waals surface area contributed by atoms with Crippen LogP contribution in [-0.2, 0) is 25.7 Å². The van der Waals surface area contributed by atoms with Crippen molar-refractivity contribution in [1.82, 2.24) is 24.1 Å². The van der Waals surface area contributed by atoms with E-state index < -0.39 is 16.7 Å². The molecule has 3 aliphatic heterocycles. The summed E-state index contributed by atoms with van der Waals surface area (Å²) in [6.45, 7) is 1.60. The summed E-state index contributed by atoms with van der Waals surface area (Å²) in [5.74, 6) is 1.31. The van der Waals surface area contributed by atoms with E-state index in [1.54, 1.807) is 11.1 Å². The fraction of sp³-hybridized carbons (Fsp3) is 0.320. The number of thiophene rings is 1. The van der Waals surface area contributed by atoms with Crippen molar-refractivity contribution in [2.45, 2.75) is 44.6 Å². The Balaban J connectivity index is 1.23. The molecular weight excluding hydrogens is 503 g/mol. The zero-order valence-corrected chi connectivity index (χ0v) is 20.4. The number of hydrogen-bond donors (Lipinski definition) is 0. The van der Waals surface area contributed by atoms with Gasteiger partial charge in [0.2, 0.25) is 5.95 Å². The van der Waals surface area contributed by atoms with E-state index in [4.69, 9.17) is 9.98 Å². The highest BCUT2D eigenvalue weighted by atomic mass is 32.1. The number of nitrogens with zero attached hydrogens (tertiary/aromatic N) is 7. The van der Waals surface area contributed by atoms with Crippen LogP contribution in [0.25, 0.3) is 5.57 Å². The Bertz CT molecular complexity index is 1500. The third-order valence-electron chi connectivity index (χ3n) is 6.49. The Kier molecular flexibility index (Phi) is 5.90. The number of aliphatic imine (C=N–C) groups is 1. The molecular formula is C25H22F3N7OS. The number of alkyl halides is 3. The first-order chi connectivity index (χ1) is 17.8. The summed E-state index contributed by atoms with van der Waals surface area (Å²) >= 11 is 0.601. The van der Waals surface area contributed by atoms with E-state index in [-0.39, 0.29) is 18.5 Å². The smallest absolute Gasteiger partial charge is 0.334 e. The standard InChI is InChI=1S/C25H22F3N7OS/c26-25(27,28)21-7-6-17(37-21)13-34-15-30-23(32-24(34)36)35-11-2-1-4-20(35)18-12-16(8-9-29-18)19-14-33-10-3-5-22(33)31-19/h1-2,4,6-7,11-12,14-15,20H,3,5,8-10,13H2. The maximum Gasteiger partial charge on any atom is 0.425 e. The van der Waals surface area contributed by atoms with Gasteiger partial charge >= 0.3 is 11.9 Å². The first-order valence-electron chi connectivity index (χ1n) is 11.9. The number of imidazole rings is 1. The maximum atomic E-state index is 12.9. The number of anilines is 1. The van der Waals surface area contributed by atoms with Gasteiger partial charge in [-0.15, -0.1) is 11.3 Å². The Morgan fingerprint density at radius 2 is 2.03 bits per heavy atom. The summed E-state index contributed by atoms with van der Waals surface area (Å²) in [6, 6.07) is 2.07. The van der Waals surface area contributed by atoms with Crippen molar-refractivity contribution >= 4 is 28.6 Å². The van der Waals surface area contributed by atoms with Gasteiger partial charge in [-0.3, -0.25) is 9.56 Å². The Labute approximate surface area is 213 Å². The van der Waals surface area contributed by atoms with E-state index in [0.717, 1.165) is 54.7 Å². The zero-order valence-electron chi connectivity index (χ0n) is 19.6. The van der Waals surface area contributed by atoms with Crippen molar-refractivity contribution in [2.75, 3.05) is 11.4 Å². The molecule has 1 unspecified atom stereocenters. The minimum atomic E-state index is -4.41. The zero-order chi connectivity index (χ0) is 25.6. The highest BCUT2D eigenvalue weighted by molar-refractivity contribution is 7.12. The predicted molar refractivity (Wildman–Crippen MR) is 135 cm³/mol. The van der Waals surface area contributed by atoms with E-state index in [0.29, 0.717) is 22.8 Å². The van der Waals surface area contributed by atoms with Gasteiger partial charge < -0.3 is 9.47 Å². The highest BCUT2D eigenvalue weighted by Gasteiger charge is 2.32. The van der Waals surface area contributed by atoms with Crippen molar-refractivity contribution in [2.24, 2.45) is 4.99 Å². The van der Waals surface area contributed by atoms with Crippen LogP contribution in [-0.4, -0.2) is 42.4 Å². The Morgan fingerprint density at radius 3 is 2.81 bits per heavy atom. The minimum Gasteiger partial charge on any atom is -0.334 e. The van der Waals surface area contributed by atoms with E-state index >= 15 is 0 Å². The van der Waals surface area contributed by atoms with E-state index in [1.165, 1.54) is 17.0 Å². The van der Waals surface area contributed by atoms with Crippen molar-refractivity contribution in [3.05, 3.63) is 86.9 Å². The molecule has 3 aromatic rings. The molecule has 3 aliphatic rings. The molecule has 0 N–H and O–H groups in total. The van der Waals surface area contributed by atoms with Crippen LogP contribution in [0.4, 0.5) is 19.1 Å². The molecule has 37 heavy (non-hydrogen) atoms. The van der Waals surface area contributed by atoms with Crippen LogP contribution in [0.15, 0.2) is 64.9 Å². The quantitative estimate of drug-likeness (QED) is 0.501. The molecule has 3 aromatic heterocycles. The summed E-state index contributed by atoms with van der Waals surface area (Å²) in [5, 5.41) is 0. The number of halogens is 3. The lowest BCUT2D eigenvalue weighted by atomic mass is 9.99. The predicted octanol–water partition coefficient (Wildman–Crippen LogP) is 4.10. The van der Waals surface area contributed by atoms with Crippen LogP contribution in [0.1, 0.15) is 34.1 Å². The summed E-state index contributed by atoms with van der Waals surface area (Å²) in [6.07, 6.45) is 11.5. The van der Waals surface area contributed by atoms with Gasteiger partial charge in [0, 0.05) is 36.8 Å². The van der Waals surface area contributed by atoms with Gasteiger partial charge in [-0.05, 0) is 42.7 Å². The van der Waals surface area contributed by atoms with E-state index in [2.05, 4.69) is 26.8 Å². The van der Waals surface area contributed by atoms with Crippen LogP contribution in [0.2, 0.25) is 0 Å². The number of aromatic nitrogens is 5. The van der Waals surface area contributed by atoms with Gasteiger partial charge in [0.1, 0.15) is 17.0 Å². The number of aryl methyl sites for hydroxylation is 2. The molecule has 6 rings (SSSR count). The summed E-state index contributed by atoms with van der Waals surface area (Å²) in [4.78, 5) is 32.2. The molecule has 0 amide bonds. The lowest BCUT2D eigenvalue weighted by molar-refractivity contribution is -0.134. The molecule has 0 bridgehead atoms. The average Bonchev–Trinajstić information content (AvgIpc) is 3.62. The van der Waals surface area contributed by atoms with Gasteiger partial charge in [0.15, 0.2) is 0 Å². The summed E-state index contributed by atoms with van der Waals surface area (Å²) in [5.41, 5.74) is 2.33. The van der Waals surface area contributed by atoms with Crippen molar-refractivity contribution in [1.29, 1.82) is 0 Å². The second-order valence-corrected chi connectivity index (χ2v) is 10.1. The Morgan fingerprint density at radius 1 is 1.14 bits per heavy atom. The van der Waals surface area contributed by atoms with Crippen LogP contribution >= 0.6 is 11.3 Å². The molecule has 0 spiro atoms. The van der Waals surface area contributed by atoms with Crippen molar-refractivity contribution < 1.29 is 13.2 Å². The van der Waals surface area contributed by atoms with Crippen LogP contribution in [0.5, 0.6) is 0 Å². The molecule has 0 saturated carbocycles. The summed E-state index contributed by atoms with van der Waals surface area (Å²) < 4.78 is 42.1. The van der Waals surface area contributed by atoms with Crippen LogP contribution < -0.4 is 10.6 Å². The fourth-order valence-corrected chi connectivity index (χ4v) is 5.56. The van der Waals surface area contributed by atoms with Gasteiger partial charge in [-0.1, -0.05) is 12.2 Å². The largest absolute Gasteiger partial charge is 0.425 e. The first-order valence-corrected chi connectivity index (χ1v) is 12.7. The second kappa shape index (κ2) is 9.25. The lowest BCUT2D eigenvalue weighted by Crippen LogP contribution is -2.40. The topological polar surface area (TPSA) is 81.2 Å². The van der Waals surface area contributed by atoms with Crippen LogP contribution in [0, 0.1) is 0 Å². The molecule has 0 saturated heterocycles. The van der Waals surface area contributed by atoms with Crippen molar-refractivity contribution in [3.8, 4) is 0 Å². The average molecular weight is 526 g/mol. The van der Waals surface area contributed by atoms with Crippen molar-refractivity contribution in [3.63, 3.8) is 0 Å².